The summed E-state index contributed by atoms with van der Waals surface area (Å²) in [6.45, 7) is 1.63. The van der Waals surface area contributed by atoms with Gasteiger partial charge in [-0.3, -0.25) is 4.79 Å². The van der Waals surface area contributed by atoms with E-state index in [4.69, 9.17) is 16.7 Å². The Morgan fingerprint density at radius 3 is 2.62 bits per heavy atom. The Hall–Kier alpha value is -1.56. The third-order valence-corrected chi connectivity index (χ3v) is 6.77. The van der Waals surface area contributed by atoms with E-state index >= 15 is 0 Å². The van der Waals surface area contributed by atoms with Crippen molar-refractivity contribution in [3.8, 4) is 5.69 Å². The van der Waals surface area contributed by atoms with E-state index in [1.807, 2.05) is 33.8 Å². The summed E-state index contributed by atoms with van der Waals surface area (Å²) in [6, 6.07) is 8.77. The molecule has 2 unspecified atom stereocenters. The van der Waals surface area contributed by atoms with Crippen LogP contribution in [0.3, 0.4) is 0 Å². The van der Waals surface area contributed by atoms with Crippen LogP contribution in [-0.2, 0) is 12.8 Å². The van der Waals surface area contributed by atoms with Crippen molar-refractivity contribution >= 4 is 29.9 Å². The Morgan fingerprint density at radius 1 is 1.03 bits per heavy atom. The number of hydrogen-bond acceptors (Lipinski definition) is 3. The van der Waals surface area contributed by atoms with Crippen LogP contribution >= 0.6 is 24.0 Å². The fraction of sp³-hybridized carbons (Fsp3) is 0.545. The van der Waals surface area contributed by atoms with Crippen molar-refractivity contribution in [3.63, 3.8) is 0 Å². The zero-order chi connectivity index (χ0) is 19.1. The third-order valence-electron chi connectivity index (χ3n) is 6.51. The van der Waals surface area contributed by atoms with Crippen molar-refractivity contribution in [2.24, 2.45) is 0 Å². The Labute approximate surface area is 183 Å². The molecule has 1 aromatic carbocycles. The number of halogens is 2. The molecule has 2 fully saturated rings. The third kappa shape index (κ3) is 4.05. The van der Waals surface area contributed by atoms with Gasteiger partial charge in [-0.05, 0) is 69.2 Å². The standard InChI is InChI=1S/C22H27ClN4O.ClH/c23-15-6-10-18(11-7-15)27-20-5-3-1-2-4-19(20)21(25-27)22(28)26-13-12-16-8-9-17(14-26)24-16;/h6-7,10-11,16-17,24H,1-5,8-9,12-14H2;1H. The van der Waals surface area contributed by atoms with Gasteiger partial charge in [-0.1, -0.05) is 18.0 Å². The average Bonchev–Trinajstić information content (AvgIpc) is 3.11. The summed E-state index contributed by atoms with van der Waals surface area (Å²) in [5.41, 5.74) is 4.03. The van der Waals surface area contributed by atoms with Crippen LogP contribution in [0.2, 0.25) is 5.02 Å². The fourth-order valence-electron chi connectivity index (χ4n) is 5.02. The maximum absolute atomic E-state index is 13.5. The molecule has 2 bridgehead atoms. The number of benzene rings is 1. The highest BCUT2D eigenvalue weighted by atomic mass is 35.5. The Morgan fingerprint density at radius 2 is 1.79 bits per heavy atom. The van der Waals surface area contributed by atoms with Crippen molar-refractivity contribution in [2.45, 2.75) is 63.5 Å². The topological polar surface area (TPSA) is 50.2 Å². The number of carbonyl (C=O) groups is 1. The predicted octanol–water partition coefficient (Wildman–Crippen LogP) is 4.18. The maximum Gasteiger partial charge on any atom is 0.274 e. The molecule has 2 aromatic rings. The first-order valence-electron chi connectivity index (χ1n) is 10.6. The summed E-state index contributed by atoms with van der Waals surface area (Å²) in [7, 11) is 0. The van der Waals surface area contributed by atoms with Gasteiger partial charge in [0.15, 0.2) is 5.69 Å². The van der Waals surface area contributed by atoms with Crippen LogP contribution in [0.25, 0.3) is 5.69 Å². The summed E-state index contributed by atoms with van der Waals surface area (Å²) in [6.07, 6.45) is 8.87. The molecule has 1 aliphatic carbocycles. The van der Waals surface area contributed by atoms with Gasteiger partial charge in [0.05, 0.1) is 5.69 Å². The molecule has 3 aliphatic rings. The van der Waals surface area contributed by atoms with Crippen molar-refractivity contribution in [3.05, 3.63) is 46.2 Å². The molecule has 7 heteroatoms. The lowest BCUT2D eigenvalue weighted by molar-refractivity contribution is 0.0740. The van der Waals surface area contributed by atoms with Gasteiger partial charge in [-0.15, -0.1) is 12.4 Å². The van der Waals surface area contributed by atoms with Crippen LogP contribution in [-0.4, -0.2) is 45.8 Å². The Bertz CT molecular complexity index is 880. The average molecular weight is 435 g/mol. The second-order valence-corrected chi connectivity index (χ2v) is 8.84. The minimum atomic E-state index is 0. The lowest BCUT2D eigenvalue weighted by Crippen LogP contribution is -2.39. The minimum Gasteiger partial charge on any atom is -0.336 e. The molecular weight excluding hydrogens is 407 g/mol. The second kappa shape index (κ2) is 8.66. The van der Waals surface area contributed by atoms with Crippen molar-refractivity contribution in [2.75, 3.05) is 13.1 Å². The van der Waals surface area contributed by atoms with E-state index in [1.54, 1.807) is 0 Å². The van der Waals surface area contributed by atoms with Gasteiger partial charge in [-0.25, -0.2) is 4.68 Å². The van der Waals surface area contributed by atoms with E-state index in [1.165, 1.54) is 30.5 Å². The lowest BCUT2D eigenvalue weighted by atomic mass is 10.1. The monoisotopic (exact) mass is 434 g/mol. The van der Waals surface area contributed by atoms with Crippen LogP contribution in [0.5, 0.6) is 0 Å². The van der Waals surface area contributed by atoms with Crippen molar-refractivity contribution < 1.29 is 4.79 Å². The van der Waals surface area contributed by atoms with Crippen LogP contribution in [0.15, 0.2) is 24.3 Å². The number of rotatable bonds is 2. The smallest absolute Gasteiger partial charge is 0.274 e. The molecule has 2 aliphatic heterocycles. The Kier molecular flexibility index (Phi) is 6.19. The van der Waals surface area contributed by atoms with E-state index in [-0.39, 0.29) is 18.3 Å². The number of aromatic nitrogens is 2. The molecule has 1 amide bonds. The Balaban J connectivity index is 0.00000205. The molecule has 1 N–H and O–H groups in total. The lowest BCUT2D eigenvalue weighted by Gasteiger charge is -2.23. The molecule has 1 aromatic heterocycles. The summed E-state index contributed by atoms with van der Waals surface area (Å²) < 4.78 is 1.99. The van der Waals surface area contributed by atoms with Crippen molar-refractivity contribution in [1.82, 2.24) is 20.0 Å². The number of fused-ring (bicyclic) bond motifs is 3. The van der Waals surface area contributed by atoms with Crippen LogP contribution < -0.4 is 5.32 Å². The molecule has 5 rings (SSSR count). The first-order chi connectivity index (χ1) is 13.7. The molecule has 2 saturated heterocycles. The SMILES string of the molecule is Cl.O=C(c1nn(-c2ccc(Cl)cc2)c2c1CCCCC2)N1CCC2CCC(C1)N2. The largest absolute Gasteiger partial charge is 0.336 e. The molecule has 0 spiro atoms. The molecule has 156 valence electrons. The predicted molar refractivity (Wildman–Crippen MR) is 118 cm³/mol. The quantitative estimate of drug-likeness (QED) is 0.720. The van der Waals surface area contributed by atoms with Crippen molar-refractivity contribution in [1.29, 1.82) is 0 Å². The minimum absolute atomic E-state index is 0. The van der Waals surface area contributed by atoms with Gasteiger partial charge in [0.2, 0.25) is 0 Å². The van der Waals surface area contributed by atoms with E-state index in [0.29, 0.717) is 22.8 Å². The van der Waals surface area contributed by atoms with E-state index in [0.717, 1.165) is 50.9 Å². The molecule has 29 heavy (non-hydrogen) atoms. The van der Waals surface area contributed by atoms with Gasteiger partial charge in [0.25, 0.3) is 5.91 Å². The summed E-state index contributed by atoms with van der Waals surface area (Å²) in [4.78, 5) is 15.6. The summed E-state index contributed by atoms with van der Waals surface area (Å²) in [5.74, 6) is 0.111. The molecule has 5 nitrogen and oxygen atoms in total. The zero-order valence-electron chi connectivity index (χ0n) is 16.6. The molecule has 0 saturated carbocycles. The normalized spacial score (nSPS) is 23.7. The van der Waals surface area contributed by atoms with Gasteiger partial charge in [0.1, 0.15) is 0 Å². The number of nitrogens with zero attached hydrogens (tertiary/aromatic N) is 3. The molecule has 3 heterocycles. The summed E-state index contributed by atoms with van der Waals surface area (Å²) in [5, 5.41) is 9.24. The highest BCUT2D eigenvalue weighted by Crippen LogP contribution is 2.29. The van der Waals surface area contributed by atoms with Gasteiger partial charge < -0.3 is 10.2 Å². The second-order valence-electron chi connectivity index (χ2n) is 8.40. The number of likely N-dealkylation sites (tertiary alicyclic amines) is 1. The number of carbonyl (C=O) groups excluding carboxylic acids is 1. The van der Waals surface area contributed by atoms with E-state index < -0.39 is 0 Å². The maximum atomic E-state index is 13.5. The fourth-order valence-corrected chi connectivity index (χ4v) is 5.15. The molecular formula is C22H28Cl2N4O. The first kappa shape index (κ1) is 20.7. The van der Waals surface area contributed by atoms with Crippen LogP contribution in [0, 0.1) is 0 Å². The van der Waals surface area contributed by atoms with Gasteiger partial charge >= 0.3 is 0 Å². The van der Waals surface area contributed by atoms with E-state index in [9.17, 15) is 4.79 Å². The number of amides is 1. The summed E-state index contributed by atoms with van der Waals surface area (Å²) >= 11 is 6.08. The first-order valence-corrected chi connectivity index (χ1v) is 11.0. The molecule has 0 radical (unpaired) electrons. The highest BCUT2D eigenvalue weighted by molar-refractivity contribution is 6.30. The van der Waals surface area contributed by atoms with Crippen LogP contribution in [0.1, 0.15) is 60.3 Å². The van der Waals surface area contributed by atoms with Crippen LogP contribution in [0.4, 0.5) is 0 Å². The van der Waals surface area contributed by atoms with Gasteiger partial charge in [-0.2, -0.15) is 5.10 Å². The van der Waals surface area contributed by atoms with Gasteiger partial charge in [0, 0.05) is 41.5 Å². The zero-order valence-corrected chi connectivity index (χ0v) is 18.1. The van der Waals surface area contributed by atoms with E-state index in [2.05, 4.69) is 5.32 Å². The highest BCUT2D eigenvalue weighted by Gasteiger charge is 2.34. The number of hydrogen-bond donors (Lipinski definition) is 1. The number of nitrogens with one attached hydrogen (secondary N) is 1. The molecule has 2 atom stereocenters.